The molecule has 1 aromatic carbocycles. The Bertz CT molecular complexity index is 682. The van der Waals surface area contributed by atoms with Gasteiger partial charge in [0.15, 0.2) is 5.96 Å². The monoisotopic (exact) mass is 453 g/mol. The number of alkyl halides is 3. The van der Waals surface area contributed by atoms with Crippen molar-refractivity contribution in [3.63, 3.8) is 0 Å². The number of hydrogen-bond acceptors (Lipinski definition) is 2. The molecule has 1 heterocycles. The summed E-state index contributed by atoms with van der Waals surface area (Å²) in [6, 6.07) is 5.21. The second-order valence-corrected chi connectivity index (χ2v) is 5.00. The molecule has 9 heteroatoms. The van der Waals surface area contributed by atoms with E-state index in [1.807, 2.05) is 13.2 Å². The first-order valence-electron chi connectivity index (χ1n) is 6.96. The molecule has 2 rings (SSSR count). The molecule has 0 aliphatic heterocycles. The van der Waals surface area contributed by atoms with E-state index in [0.717, 1.165) is 17.7 Å². The van der Waals surface area contributed by atoms with Crippen LogP contribution in [0.4, 0.5) is 13.2 Å². The maximum atomic E-state index is 12.7. The van der Waals surface area contributed by atoms with Gasteiger partial charge in [0.25, 0.3) is 0 Å². The van der Waals surface area contributed by atoms with Crippen LogP contribution in [0.15, 0.2) is 41.7 Å². The average Bonchev–Trinajstić information content (AvgIpc) is 2.92. The molecule has 0 saturated carbocycles. The normalized spacial score (nSPS) is 11.8. The van der Waals surface area contributed by atoms with Gasteiger partial charge in [0.05, 0.1) is 11.8 Å². The van der Waals surface area contributed by atoms with Crippen molar-refractivity contribution in [2.24, 2.45) is 12.0 Å². The molecule has 0 radical (unpaired) electrons. The number of halogens is 4. The molecule has 0 amide bonds. The van der Waals surface area contributed by atoms with Crippen LogP contribution in [0, 0.1) is 0 Å². The fourth-order valence-corrected chi connectivity index (χ4v) is 2.01. The van der Waals surface area contributed by atoms with Gasteiger partial charge in [-0.2, -0.15) is 18.3 Å². The Morgan fingerprint density at radius 1 is 1.21 bits per heavy atom. The number of aromatic nitrogens is 2. The highest BCUT2D eigenvalue weighted by atomic mass is 127. The van der Waals surface area contributed by atoms with Crippen LogP contribution in [0.5, 0.6) is 0 Å². The third-order valence-corrected chi connectivity index (χ3v) is 3.16. The van der Waals surface area contributed by atoms with E-state index in [2.05, 4.69) is 20.7 Å². The summed E-state index contributed by atoms with van der Waals surface area (Å²) in [6.45, 7) is 0.771. The van der Waals surface area contributed by atoms with Crippen LogP contribution in [0.3, 0.4) is 0 Å². The summed E-state index contributed by atoms with van der Waals surface area (Å²) in [6.07, 6.45) is -0.740. The third-order valence-electron chi connectivity index (χ3n) is 3.16. The molecule has 0 atom stereocenters. The zero-order valence-corrected chi connectivity index (χ0v) is 15.6. The Kier molecular flexibility index (Phi) is 7.52. The van der Waals surface area contributed by atoms with Gasteiger partial charge in [-0.05, 0) is 17.7 Å². The topological polar surface area (TPSA) is 54.2 Å². The summed E-state index contributed by atoms with van der Waals surface area (Å²) < 4.78 is 39.7. The highest BCUT2D eigenvalue weighted by Crippen LogP contribution is 2.29. The second kappa shape index (κ2) is 8.90. The summed E-state index contributed by atoms with van der Waals surface area (Å²) in [5.41, 5.74) is 0.855. The van der Waals surface area contributed by atoms with E-state index >= 15 is 0 Å². The Balaban J connectivity index is 0.00000288. The van der Waals surface area contributed by atoms with Gasteiger partial charge in [-0.25, -0.2) is 0 Å². The van der Waals surface area contributed by atoms with Crippen LogP contribution in [0.1, 0.15) is 16.7 Å². The van der Waals surface area contributed by atoms with Gasteiger partial charge < -0.3 is 10.6 Å². The predicted octanol–water partition coefficient (Wildman–Crippen LogP) is 2.92. The van der Waals surface area contributed by atoms with Crippen LogP contribution < -0.4 is 10.6 Å². The molecule has 1 aromatic heterocycles. The van der Waals surface area contributed by atoms with Crippen LogP contribution >= 0.6 is 24.0 Å². The minimum Gasteiger partial charge on any atom is -0.352 e. The van der Waals surface area contributed by atoms with Crippen molar-refractivity contribution in [2.75, 3.05) is 7.05 Å². The van der Waals surface area contributed by atoms with Crippen LogP contribution in [0.2, 0.25) is 0 Å². The lowest BCUT2D eigenvalue weighted by Gasteiger charge is -2.12. The number of nitrogens with one attached hydrogen (secondary N) is 2. The standard InChI is InChI=1S/C15H18F3N5.HI/c1-19-14(21-8-12-9-22-23(2)10-12)20-7-11-4-3-5-13(6-11)15(16,17)18;/h3-6,9-10H,7-8H2,1-2H3,(H2,19,20,21);1H. The van der Waals surface area contributed by atoms with Gasteiger partial charge >= 0.3 is 6.18 Å². The van der Waals surface area contributed by atoms with E-state index < -0.39 is 11.7 Å². The molecular weight excluding hydrogens is 434 g/mol. The molecule has 0 aliphatic carbocycles. The molecule has 132 valence electrons. The van der Waals surface area contributed by atoms with E-state index in [-0.39, 0.29) is 30.5 Å². The SMILES string of the molecule is CN=C(NCc1cccc(C(F)(F)F)c1)NCc1cnn(C)c1.I. The lowest BCUT2D eigenvalue weighted by molar-refractivity contribution is -0.137. The smallest absolute Gasteiger partial charge is 0.352 e. The number of benzene rings is 1. The Labute approximate surface area is 155 Å². The first-order valence-corrected chi connectivity index (χ1v) is 6.96. The van der Waals surface area contributed by atoms with Crippen molar-refractivity contribution < 1.29 is 13.2 Å². The van der Waals surface area contributed by atoms with Crippen molar-refractivity contribution in [2.45, 2.75) is 19.3 Å². The molecule has 0 unspecified atom stereocenters. The lowest BCUT2D eigenvalue weighted by Crippen LogP contribution is -2.36. The highest BCUT2D eigenvalue weighted by molar-refractivity contribution is 14.0. The molecule has 2 aromatic rings. The molecule has 0 bridgehead atoms. The summed E-state index contributed by atoms with van der Waals surface area (Å²) in [5.74, 6) is 0.506. The van der Waals surface area contributed by atoms with Crippen molar-refractivity contribution in [1.29, 1.82) is 0 Å². The van der Waals surface area contributed by atoms with Crippen LogP contribution in [0.25, 0.3) is 0 Å². The fourth-order valence-electron chi connectivity index (χ4n) is 2.01. The molecule has 5 nitrogen and oxygen atoms in total. The quantitative estimate of drug-likeness (QED) is 0.426. The number of aliphatic imine (C=N–C) groups is 1. The molecule has 24 heavy (non-hydrogen) atoms. The van der Waals surface area contributed by atoms with Crippen LogP contribution in [-0.2, 0) is 26.3 Å². The Morgan fingerprint density at radius 2 is 1.88 bits per heavy atom. The van der Waals surface area contributed by atoms with Crippen molar-refractivity contribution in [1.82, 2.24) is 20.4 Å². The van der Waals surface area contributed by atoms with Gasteiger partial charge in [-0.1, -0.05) is 12.1 Å². The minimum absolute atomic E-state index is 0. The van der Waals surface area contributed by atoms with Crippen molar-refractivity contribution >= 4 is 29.9 Å². The fraction of sp³-hybridized carbons (Fsp3) is 0.333. The molecule has 2 N–H and O–H groups in total. The second-order valence-electron chi connectivity index (χ2n) is 5.00. The largest absolute Gasteiger partial charge is 0.416 e. The predicted molar refractivity (Wildman–Crippen MR) is 97.1 cm³/mol. The zero-order valence-electron chi connectivity index (χ0n) is 13.3. The molecule has 0 fully saturated rings. The first kappa shape index (κ1) is 20.3. The summed E-state index contributed by atoms with van der Waals surface area (Å²) >= 11 is 0. The van der Waals surface area contributed by atoms with Crippen LogP contribution in [-0.4, -0.2) is 22.8 Å². The summed E-state index contributed by atoms with van der Waals surface area (Å²) in [4.78, 5) is 4.04. The molecule has 0 aliphatic rings. The van der Waals surface area contributed by atoms with E-state index in [4.69, 9.17) is 0 Å². The third kappa shape index (κ3) is 6.02. The highest BCUT2D eigenvalue weighted by Gasteiger charge is 2.30. The summed E-state index contributed by atoms with van der Waals surface area (Å²) in [7, 11) is 3.43. The van der Waals surface area contributed by atoms with Crippen molar-refractivity contribution in [3.8, 4) is 0 Å². The average molecular weight is 453 g/mol. The van der Waals surface area contributed by atoms with Gasteiger partial charge in [-0.3, -0.25) is 9.67 Å². The first-order chi connectivity index (χ1) is 10.9. The molecule has 0 saturated heterocycles. The maximum absolute atomic E-state index is 12.7. The van der Waals surface area contributed by atoms with Gasteiger partial charge in [-0.15, -0.1) is 24.0 Å². The van der Waals surface area contributed by atoms with Gasteiger partial charge in [0.1, 0.15) is 0 Å². The zero-order chi connectivity index (χ0) is 16.9. The van der Waals surface area contributed by atoms with Crippen molar-refractivity contribution in [3.05, 3.63) is 53.3 Å². The van der Waals surface area contributed by atoms with Gasteiger partial charge in [0.2, 0.25) is 0 Å². The van der Waals surface area contributed by atoms with E-state index in [1.165, 1.54) is 6.07 Å². The number of rotatable bonds is 4. The summed E-state index contributed by atoms with van der Waals surface area (Å²) in [5, 5.41) is 10.1. The minimum atomic E-state index is -4.34. The van der Waals surface area contributed by atoms with E-state index in [1.54, 1.807) is 24.0 Å². The maximum Gasteiger partial charge on any atom is 0.416 e. The van der Waals surface area contributed by atoms with E-state index in [9.17, 15) is 13.2 Å². The number of hydrogen-bond donors (Lipinski definition) is 2. The van der Waals surface area contributed by atoms with E-state index in [0.29, 0.717) is 18.1 Å². The number of aryl methyl sites for hydroxylation is 1. The molecule has 0 spiro atoms. The Hall–Kier alpha value is -1.78. The van der Waals surface area contributed by atoms with Gasteiger partial charge in [0, 0.05) is 38.9 Å². The Morgan fingerprint density at radius 3 is 2.42 bits per heavy atom. The lowest BCUT2D eigenvalue weighted by atomic mass is 10.1. The molecular formula is C15H19F3IN5. The number of nitrogens with zero attached hydrogens (tertiary/aromatic N) is 3. The number of guanidine groups is 1.